The van der Waals surface area contributed by atoms with Crippen LogP contribution in [-0.2, 0) is 9.53 Å². The van der Waals surface area contributed by atoms with E-state index in [0.29, 0.717) is 18.6 Å². The van der Waals surface area contributed by atoms with Gasteiger partial charge in [0, 0.05) is 19.2 Å². The molecule has 86 valence electrons. The number of amides is 1. The highest BCUT2D eigenvalue weighted by Gasteiger charge is 2.26. The maximum absolute atomic E-state index is 11.7. The maximum atomic E-state index is 11.7. The molecule has 0 radical (unpaired) electrons. The lowest BCUT2D eigenvalue weighted by Crippen LogP contribution is -2.34. The van der Waals surface area contributed by atoms with Gasteiger partial charge in [0.2, 0.25) is 5.91 Å². The molecule has 0 aromatic rings. The number of carbonyl (C=O) groups is 1. The van der Waals surface area contributed by atoms with Gasteiger partial charge in [-0.15, -0.1) is 0 Å². The Kier molecular flexibility index (Phi) is 3.59. The Morgan fingerprint density at radius 2 is 2.27 bits per heavy atom. The third kappa shape index (κ3) is 2.92. The van der Waals surface area contributed by atoms with Crippen molar-refractivity contribution in [3.8, 4) is 0 Å². The average molecular weight is 212 g/mol. The predicted molar refractivity (Wildman–Crippen MR) is 57.3 cm³/mol. The molecule has 2 aliphatic rings. The van der Waals surface area contributed by atoms with Gasteiger partial charge in [0.15, 0.2) is 0 Å². The fourth-order valence-corrected chi connectivity index (χ4v) is 2.43. The summed E-state index contributed by atoms with van der Waals surface area (Å²) in [6, 6.07) is 0.349. The van der Waals surface area contributed by atoms with E-state index in [0.717, 1.165) is 38.8 Å². The molecular weight excluding hydrogens is 192 g/mol. The molecule has 2 rings (SSSR count). The molecule has 1 aliphatic carbocycles. The van der Waals surface area contributed by atoms with Crippen molar-refractivity contribution in [2.45, 2.75) is 31.7 Å². The number of nitrogens with one attached hydrogen (secondary N) is 1. The van der Waals surface area contributed by atoms with Gasteiger partial charge in [-0.2, -0.15) is 0 Å². The molecule has 2 fully saturated rings. The smallest absolute Gasteiger partial charge is 0.225 e. The predicted octanol–water partition coefficient (Wildman–Crippen LogP) is 0.266. The number of carbonyl (C=O) groups excluding carboxylic acids is 1. The summed E-state index contributed by atoms with van der Waals surface area (Å²) in [5, 5.41) is 3.01. The van der Waals surface area contributed by atoms with E-state index in [9.17, 15) is 4.79 Å². The Labute approximate surface area is 90.5 Å². The van der Waals surface area contributed by atoms with Gasteiger partial charge in [0.05, 0.1) is 12.5 Å². The third-order valence-corrected chi connectivity index (χ3v) is 3.45. The van der Waals surface area contributed by atoms with E-state index in [1.54, 1.807) is 0 Å². The fourth-order valence-electron chi connectivity index (χ4n) is 2.43. The lowest BCUT2D eigenvalue weighted by Gasteiger charge is -2.13. The third-order valence-electron chi connectivity index (χ3n) is 3.45. The van der Waals surface area contributed by atoms with E-state index < -0.39 is 0 Å². The minimum absolute atomic E-state index is 0.0834. The zero-order valence-electron chi connectivity index (χ0n) is 9.08. The summed E-state index contributed by atoms with van der Waals surface area (Å²) in [7, 11) is 0. The van der Waals surface area contributed by atoms with Crippen LogP contribution in [0.5, 0.6) is 0 Å². The molecular formula is C11H20N2O2. The summed E-state index contributed by atoms with van der Waals surface area (Å²) in [6.45, 7) is 2.12. The lowest BCUT2D eigenvalue weighted by atomic mass is 10.1. The van der Waals surface area contributed by atoms with E-state index in [-0.39, 0.29) is 11.8 Å². The zero-order valence-corrected chi connectivity index (χ0v) is 9.08. The monoisotopic (exact) mass is 212 g/mol. The Hall–Kier alpha value is -0.610. The second kappa shape index (κ2) is 4.94. The summed E-state index contributed by atoms with van der Waals surface area (Å²) >= 11 is 0. The second-order valence-corrected chi connectivity index (χ2v) is 4.74. The van der Waals surface area contributed by atoms with E-state index in [2.05, 4.69) is 5.32 Å². The van der Waals surface area contributed by atoms with Gasteiger partial charge in [-0.3, -0.25) is 4.79 Å². The van der Waals surface area contributed by atoms with E-state index in [1.165, 1.54) is 0 Å². The second-order valence-electron chi connectivity index (χ2n) is 4.74. The number of hydrogen-bond donors (Lipinski definition) is 2. The first kappa shape index (κ1) is 10.9. The Morgan fingerprint density at radius 1 is 1.40 bits per heavy atom. The van der Waals surface area contributed by atoms with Crippen molar-refractivity contribution < 1.29 is 9.53 Å². The van der Waals surface area contributed by atoms with Crippen LogP contribution in [-0.4, -0.2) is 31.7 Å². The largest absolute Gasteiger partial charge is 0.381 e. The van der Waals surface area contributed by atoms with Crippen LogP contribution in [0.25, 0.3) is 0 Å². The van der Waals surface area contributed by atoms with Crippen molar-refractivity contribution in [2.75, 3.05) is 19.8 Å². The van der Waals surface area contributed by atoms with Crippen LogP contribution in [0.2, 0.25) is 0 Å². The summed E-state index contributed by atoms with van der Waals surface area (Å²) in [6.07, 6.45) is 4.19. The van der Waals surface area contributed by atoms with Crippen LogP contribution in [0.3, 0.4) is 0 Å². The molecule has 1 heterocycles. The van der Waals surface area contributed by atoms with Crippen LogP contribution in [0.4, 0.5) is 0 Å². The molecule has 0 bridgehead atoms. The van der Waals surface area contributed by atoms with Crippen molar-refractivity contribution in [2.24, 2.45) is 17.6 Å². The van der Waals surface area contributed by atoms with Crippen LogP contribution >= 0.6 is 0 Å². The Morgan fingerprint density at radius 3 is 2.87 bits per heavy atom. The molecule has 1 aliphatic heterocycles. The van der Waals surface area contributed by atoms with Gasteiger partial charge in [0.25, 0.3) is 0 Å². The number of rotatable bonds is 3. The Bertz CT molecular complexity index is 227. The SMILES string of the molecule is N[C@@H]1CC[C@H](CNC(=O)C2CCOC2)C1. The number of nitrogens with two attached hydrogens (primary N) is 1. The first-order valence-electron chi connectivity index (χ1n) is 5.86. The molecule has 0 aromatic carbocycles. The minimum Gasteiger partial charge on any atom is -0.381 e. The first-order valence-corrected chi connectivity index (χ1v) is 5.86. The van der Waals surface area contributed by atoms with Crippen LogP contribution in [0, 0.1) is 11.8 Å². The molecule has 3 atom stereocenters. The van der Waals surface area contributed by atoms with E-state index in [4.69, 9.17) is 10.5 Å². The first-order chi connectivity index (χ1) is 7.25. The average Bonchev–Trinajstić information content (AvgIpc) is 2.84. The van der Waals surface area contributed by atoms with Crippen molar-refractivity contribution in [3.63, 3.8) is 0 Å². The highest BCUT2D eigenvalue weighted by Crippen LogP contribution is 2.23. The zero-order chi connectivity index (χ0) is 10.7. The van der Waals surface area contributed by atoms with Crippen molar-refractivity contribution in [1.29, 1.82) is 0 Å². The molecule has 4 heteroatoms. The molecule has 4 nitrogen and oxygen atoms in total. The topological polar surface area (TPSA) is 64.3 Å². The molecule has 1 saturated heterocycles. The highest BCUT2D eigenvalue weighted by atomic mass is 16.5. The fraction of sp³-hybridized carbons (Fsp3) is 0.909. The minimum atomic E-state index is 0.0834. The Balaban J connectivity index is 1.66. The molecule has 0 spiro atoms. The van der Waals surface area contributed by atoms with Crippen molar-refractivity contribution in [1.82, 2.24) is 5.32 Å². The van der Waals surface area contributed by atoms with Crippen molar-refractivity contribution >= 4 is 5.91 Å². The molecule has 3 N–H and O–H groups in total. The van der Waals surface area contributed by atoms with Crippen LogP contribution in [0.1, 0.15) is 25.7 Å². The van der Waals surface area contributed by atoms with Crippen molar-refractivity contribution in [3.05, 3.63) is 0 Å². The van der Waals surface area contributed by atoms with Crippen LogP contribution in [0.15, 0.2) is 0 Å². The molecule has 1 amide bonds. The van der Waals surface area contributed by atoms with Gasteiger partial charge in [0.1, 0.15) is 0 Å². The molecule has 1 unspecified atom stereocenters. The molecule has 15 heavy (non-hydrogen) atoms. The number of hydrogen-bond acceptors (Lipinski definition) is 3. The number of ether oxygens (including phenoxy) is 1. The van der Waals surface area contributed by atoms with Gasteiger partial charge in [-0.05, 0) is 31.6 Å². The molecule has 1 saturated carbocycles. The quantitative estimate of drug-likeness (QED) is 0.705. The normalized spacial score (nSPS) is 35.7. The van der Waals surface area contributed by atoms with E-state index in [1.807, 2.05) is 0 Å². The highest BCUT2D eigenvalue weighted by molar-refractivity contribution is 5.78. The van der Waals surface area contributed by atoms with Gasteiger partial charge in [-0.1, -0.05) is 0 Å². The van der Waals surface area contributed by atoms with Gasteiger partial charge in [-0.25, -0.2) is 0 Å². The summed E-state index contributed by atoms with van der Waals surface area (Å²) in [5.74, 6) is 0.833. The summed E-state index contributed by atoms with van der Waals surface area (Å²) in [4.78, 5) is 11.7. The standard InChI is InChI=1S/C11H20N2O2/c12-10-2-1-8(5-10)6-13-11(14)9-3-4-15-7-9/h8-10H,1-7,12H2,(H,13,14)/t8-,9?,10+/m0/s1. The summed E-state index contributed by atoms with van der Waals surface area (Å²) < 4.78 is 5.19. The molecule has 0 aromatic heterocycles. The van der Waals surface area contributed by atoms with Gasteiger partial charge >= 0.3 is 0 Å². The maximum Gasteiger partial charge on any atom is 0.225 e. The van der Waals surface area contributed by atoms with E-state index >= 15 is 0 Å². The lowest BCUT2D eigenvalue weighted by molar-refractivity contribution is -0.125. The van der Waals surface area contributed by atoms with Gasteiger partial charge < -0.3 is 15.8 Å². The van der Waals surface area contributed by atoms with Crippen LogP contribution < -0.4 is 11.1 Å². The summed E-state index contributed by atoms with van der Waals surface area (Å²) in [5.41, 5.74) is 5.82.